The molecule has 2 unspecified atom stereocenters. The van der Waals surface area contributed by atoms with Gasteiger partial charge in [0.25, 0.3) is 0 Å². The summed E-state index contributed by atoms with van der Waals surface area (Å²) in [5.41, 5.74) is 0.265. The standard InChI is InChI=1S/C14H28N2O/c1-3-16-10-6-7-13(11-16)14(12-17-2)8-4-5-9-15-14/h13,15H,3-12H2,1-2H3. The number of piperidine rings is 2. The normalized spacial score (nSPS) is 36.0. The van der Waals surface area contributed by atoms with Crippen molar-refractivity contribution in [2.75, 3.05) is 39.9 Å². The Morgan fingerprint density at radius 3 is 2.88 bits per heavy atom. The predicted octanol–water partition coefficient (Wildman–Crippen LogP) is 1.88. The second kappa shape index (κ2) is 6.17. The molecular formula is C14H28N2O. The molecule has 0 bridgehead atoms. The molecule has 2 heterocycles. The number of methoxy groups -OCH3 is 1. The van der Waals surface area contributed by atoms with E-state index in [4.69, 9.17) is 4.74 Å². The highest BCUT2D eigenvalue weighted by atomic mass is 16.5. The SMILES string of the molecule is CCN1CCCC(C2(COC)CCCCN2)C1. The minimum atomic E-state index is 0.265. The van der Waals surface area contributed by atoms with Gasteiger partial charge in [0.2, 0.25) is 0 Å². The molecule has 2 aliphatic rings. The quantitative estimate of drug-likeness (QED) is 0.812. The van der Waals surface area contributed by atoms with Gasteiger partial charge in [-0.3, -0.25) is 0 Å². The zero-order valence-corrected chi connectivity index (χ0v) is 11.5. The van der Waals surface area contributed by atoms with Crippen LogP contribution in [-0.2, 0) is 4.74 Å². The Morgan fingerprint density at radius 1 is 1.35 bits per heavy atom. The summed E-state index contributed by atoms with van der Waals surface area (Å²) in [7, 11) is 1.85. The molecule has 2 saturated heterocycles. The van der Waals surface area contributed by atoms with Gasteiger partial charge >= 0.3 is 0 Å². The first-order valence-corrected chi connectivity index (χ1v) is 7.27. The van der Waals surface area contributed by atoms with Crippen molar-refractivity contribution >= 4 is 0 Å². The fraction of sp³-hybridized carbons (Fsp3) is 1.00. The number of hydrogen-bond acceptors (Lipinski definition) is 3. The zero-order valence-electron chi connectivity index (χ0n) is 11.5. The highest BCUT2D eigenvalue weighted by molar-refractivity contribution is 4.99. The van der Waals surface area contributed by atoms with E-state index in [-0.39, 0.29) is 5.54 Å². The summed E-state index contributed by atoms with van der Waals surface area (Å²) in [6, 6.07) is 0. The molecule has 0 amide bonds. The van der Waals surface area contributed by atoms with Gasteiger partial charge in [0.15, 0.2) is 0 Å². The van der Waals surface area contributed by atoms with Crippen molar-refractivity contribution in [3.05, 3.63) is 0 Å². The van der Waals surface area contributed by atoms with Crippen LogP contribution in [0.15, 0.2) is 0 Å². The highest BCUT2D eigenvalue weighted by Gasteiger charge is 2.41. The summed E-state index contributed by atoms with van der Waals surface area (Å²) in [6.07, 6.45) is 6.70. The fourth-order valence-corrected chi connectivity index (χ4v) is 3.63. The van der Waals surface area contributed by atoms with E-state index in [2.05, 4.69) is 17.1 Å². The molecule has 0 spiro atoms. The van der Waals surface area contributed by atoms with E-state index in [0.29, 0.717) is 0 Å². The van der Waals surface area contributed by atoms with Gasteiger partial charge in [-0.15, -0.1) is 0 Å². The number of hydrogen-bond donors (Lipinski definition) is 1. The van der Waals surface area contributed by atoms with Crippen molar-refractivity contribution in [3.8, 4) is 0 Å². The summed E-state index contributed by atoms with van der Waals surface area (Å²) in [5, 5.41) is 3.80. The number of rotatable bonds is 4. The Kier molecular flexibility index (Phi) is 4.83. The van der Waals surface area contributed by atoms with Crippen LogP contribution in [0, 0.1) is 5.92 Å². The average molecular weight is 240 g/mol. The van der Waals surface area contributed by atoms with Gasteiger partial charge in [0, 0.05) is 19.2 Å². The number of likely N-dealkylation sites (tertiary alicyclic amines) is 1. The molecule has 2 aliphatic heterocycles. The van der Waals surface area contributed by atoms with Crippen LogP contribution >= 0.6 is 0 Å². The number of nitrogens with one attached hydrogen (secondary N) is 1. The maximum Gasteiger partial charge on any atom is 0.0647 e. The van der Waals surface area contributed by atoms with E-state index in [1.54, 1.807) is 0 Å². The average Bonchev–Trinajstić information content (AvgIpc) is 2.40. The largest absolute Gasteiger partial charge is 0.383 e. The van der Waals surface area contributed by atoms with Gasteiger partial charge in [0.1, 0.15) is 0 Å². The Labute approximate surface area is 106 Å². The smallest absolute Gasteiger partial charge is 0.0647 e. The Morgan fingerprint density at radius 2 is 2.24 bits per heavy atom. The molecular weight excluding hydrogens is 212 g/mol. The van der Waals surface area contributed by atoms with Gasteiger partial charge in [-0.05, 0) is 51.2 Å². The molecule has 0 aromatic carbocycles. The second-order valence-electron chi connectivity index (χ2n) is 5.71. The molecule has 1 N–H and O–H groups in total. The minimum absolute atomic E-state index is 0.265. The van der Waals surface area contributed by atoms with Crippen LogP contribution in [0.4, 0.5) is 0 Å². The van der Waals surface area contributed by atoms with E-state index < -0.39 is 0 Å². The maximum absolute atomic E-state index is 5.53. The minimum Gasteiger partial charge on any atom is -0.383 e. The monoisotopic (exact) mass is 240 g/mol. The molecule has 2 rings (SSSR count). The summed E-state index contributed by atoms with van der Waals surface area (Å²) in [6.45, 7) is 8.07. The van der Waals surface area contributed by atoms with E-state index in [1.165, 1.54) is 58.3 Å². The van der Waals surface area contributed by atoms with Crippen LogP contribution in [0.2, 0.25) is 0 Å². The maximum atomic E-state index is 5.53. The first-order valence-electron chi connectivity index (χ1n) is 7.27. The first-order chi connectivity index (χ1) is 8.30. The fourth-order valence-electron chi connectivity index (χ4n) is 3.63. The third-order valence-corrected chi connectivity index (χ3v) is 4.66. The third kappa shape index (κ3) is 3.01. The topological polar surface area (TPSA) is 24.5 Å². The lowest BCUT2D eigenvalue weighted by molar-refractivity contribution is 0.0154. The lowest BCUT2D eigenvalue weighted by atomic mass is 9.74. The molecule has 2 atom stereocenters. The van der Waals surface area contributed by atoms with Crippen LogP contribution in [0.5, 0.6) is 0 Å². The summed E-state index contributed by atoms with van der Waals surface area (Å²) < 4.78 is 5.53. The van der Waals surface area contributed by atoms with Gasteiger partial charge in [-0.25, -0.2) is 0 Å². The highest BCUT2D eigenvalue weighted by Crippen LogP contribution is 2.33. The number of ether oxygens (including phenoxy) is 1. The Balaban J connectivity index is 2.03. The molecule has 2 fully saturated rings. The lowest BCUT2D eigenvalue weighted by Gasteiger charge is -2.47. The molecule has 0 aromatic heterocycles. The van der Waals surface area contributed by atoms with Crippen LogP contribution in [0.25, 0.3) is 0 Å². The summed E-state index contributed by atoms with van der Waals surface area (Å²) in [5.74, 6) is 0.774. The summed E-state index contributed by atoms with van der Waals surface area (Å²) in [4.78, 5) is 2.60. The summed E-state index contributed by atoms with van der Waals surface area (Å²) >= 11 is 0. The Hall–Kier alpha value is -0.120. The van der Waals surface area contributed by atoms with Gasteiger partial charge in [0.05, 0.1) is 6.61 Å². The van der Waals surface area contributed by atoms with Crippen LogP contribution in [0.3, 0.4) is 0 Å². The van der Waals surface area contributed by atoms with Crippen molar-refractivity contribution in [2.45, 2.75) is 44.6 Å². The molecule has 17 heavy (non-hydrogen) atoms. The van der Waals surface area contributed by atoms with Gasteiger partial charge in [-0.2, -0.15) is 0 Å². The van der Waals surface area contributed by atoms with Crippen molar-refractivity contribution in [2.24, 2.45) is 5.92 Å². The molecule has 0 aromatic rings. The predicted molar refractivity (Wildman–Crippen MR) is 71.3 cm³/mol. The van der Waals surface area contributed by atoms with Crippen LogP contribution in [0.1, 0.15) is 39.0 Å². The third-order valence-electron chi connectivity index (χ3n) is 4.66. The molecule has 0 saturated carbocycles. The Bertz CT molecular complexity index is 221. The van der Waals surface area contributed by atoms with Crippen molar-refractivity contribution in [3.63, 3.8) is 0 Å². The molecule has 3 nitrogen and oxygen atoms in total. The van der Waals surface area contributed by atoms with E-state index in [0.717, 1.165) is 12.5 Å². The number of nitrogens with zero attached hydrogens (tertiary/aromatic N) is 1. The van der Waals surface area contributed by atoms with Gasteiger partial charge < -0.3 is 15.0 Å². The molecule has 3 heteroatoms. The van der Waals surface area contributed by atoms with Crippen molar-refractivity contribution < 1.29 is 4.74 Å². The van der Waals surface area contributed by atoms with E-state index in [9.17, 15) is 0 Å². The molecule has 0 aliphatic carbocycles. The van der Waals surface area contributed by atoms with Crippen molar-refractivity contribution in [1.29, 1.82) is 0 Å². The van der Waals surface area contributed by atoms with E-state index in [1.807, 2.05) is 7.11 Å². The lowest BCUT2D eigenvalue weighted by Crippen LogP contribution is -2.60. The van der Waals surface area contributed by atoms with Crippen LogP contribution in [-0.4, -0.2) is 50.3 Å². The molecule has 0 radical (unpaired) electrons. The second-order valence-corrected chi connectivity index (χ2v) is 5.71. The molecule has 100 valence electrons. The van der Waals surface area contributed by atoms with Crippen molar-refractivity contribution in [1.82, 2.24) is 10.2 Å². The first kappa shape index (κ1) is 13.3. The van der Waals surface area contributed by atoms with Crippen LogP contribution < -0.4 is 5.32 Å². The van der Waals surface area contributed by atoms with E-state index >= 15 is 0 Å². The van der Waals surface area contributed by atoms with Gasteiger partial charge in [-0.1, -0.05) is 13.3 Å². The zero-order chi connectivity index (χ0) is 12.1.